The van der Waals surface area contributed by atoms with Crippen molar-refractivity contribution in [3.63, 3.8) is 0 Å². The Morgan fingerprint density at radius 1 is 1.38 bits per heavy atom. The van der Waals surface area contributed by atoms with Crippen LogP contribution in [0.2, 0.25) is 10.2 Å². The maximum Gasteiger partial charge on any atom is 0.214 e. The van der Waals surface area contributed by atoms with Crippen molar-refractivity contribution >= 4 is 39.2 Å². The van der Waals surface area contributed by atoms with Crippen molar-refractivity contribution in [2.75, 3.05) is 31.9 Å². The molecule has 1 aromatic heterocycles. The Balaban J connectivity index is 1.92. The van der Waals surface area contributed by atoms with Gasteiger partial charge < -0.3 is 15.2 Å². The van der Waals surface area contributed by atoms with Gasteiger partial charge in [-0.2, -0.15) is 0 Å². The molecule has 0 amide bonds. The normalized spacial score (nSPS) is 18.1. The number of halogens is 2. The molecule has 0 saturated carbocycles. The van der Waals surface area contributed by atoms with Crippen LogP contribution in [0.15, 0.2) is 11.1 Å². The quantitative estimate of drug-likeness (QED) is 0.563. The molecule has 1 aliphatic heterocycles. The zero-order valence-electron chi connectivity index (χ0n) is 13.8. The van der Waals surface area contributed by atoms with Crippen LogP contribution in [0.25, 0.3) is 0 Å². The van der Waals surface area contributed by atoms with Crippen molar-refractivity contribution in [1.82, 2.24) is 19.5 Å². The van der Waals surface area contributed by atoms with Crippen molar-refractivity contribution in [2.24, 2.45) is 12.0 Å². The van der Waals surface area contributed by atoms with E-state index in [1.807, 2.05) is 14.0 Å². The lowest BCUT2D eigenvalue weighted by Gasteiger charge is -2.16. The Morgan fingerprint density at radius 3 is 2.67 bits per heavy atom. The van der Waals surface area contributed by atoms with Gasteiger partial charge in [-0.25, -0.2) is 17.7 Å². The molecular formula is C14H23Cl2N5O2S. The second-order valence-corrected chi connectivity index (χ2v) is 8.38. The van der Waals surface area contributed by atoms with Gasteiger partial charge >= 0.3 is 0 Å². The van der Waals surface area contributed by atoms with E-state index in [1.54, 1.807) is 10.6 Å². The third-order valence-electron chi connectivity index (χ3n) is 3.82. The second-order valence-electron chi connectivity index (χ2n) is 5.52. The molecule has 136 valence electrons. The van der Waals surface area contributed by atoms with E-state index in [9.17, 15) is 8.42 Å². The van der Waals surface area contributed by atoms with E-state index in [2.05, 4.69) is 15.6 Å². The topological polar surface area (TPSA) is 78.7 Å². The first-order valence-electron chi connectivity index (χ1n) is 7.84. The highest BCUT2D eigenvalue weighted by molar-refractivity contribution is 7.89. The standard InChI is InChI=1S/C14H23Cl2N5O2S/c1-3-17-14(18-5-7-21-6-4-8-24(21,22)23)19-10-11-9-12(15)13(16)20(11)2/h9H,3-8,10H2,1-2H3,(H2,17,18,19). The molecule has 0 unspecified atom stereocenters. The maximum absolute atomic E-state index is 11.8. The fourth-order valence-electron chi connectivity index (χ4n) is 2.48. The van der Waals surface area contributed by atoms with Gasteiger partial charge in [-0.3, -0.25) is 0 Å². The number of sulfonamides is 1. The summed E-state index contributed by atoms with van der Waals surface area (Å²) in [5, 5.41) is 7.28. The summed E-state index contributed by atoms with van der Waals surface area (Å²) in [6.07, 6.45) is 0.700. The minimum Gasteiger partial charge on any atom is -0.357 e. The van der Waals surface area contributed by atoms with E-state index in [1.165, 1.54) is 4.31 Å². The highest BCUT2D eigenvalue weighted by Crippen LogP contribution is 2.25. The maximum atomic E-state index is 11.8. The number of nitrogens with zero attached hydrogens (tertiary/aromatic N) is 3. The van der Waals surface area contributed by atoms with Crippen LogP contribution in [-0.2, 0) is 23.6 Å². The van der Waals surface area contributed by atoms with E-state index < -0.39 is 10.0 Å². The second kappa shape index (κ2) is 8.42. The highest BCUT2D eigenvalue weighted by Gasteiger charge is 2.27. The fourth-order valence-corrected chi connectivity index (χ4v) is 4.43. The lowest BCUT2D eigenvalue weighted by molar-refractivity contribution is 0.445. The molecule has 7 nitrogen and oxygen atoms in total. The molecule has 24 heavy (non-hydrogen) atoms. The number of aliphatic imine (C=N–C) groups is 1. The van der Waals surface area contributed by atoms with Gasteiger partial charge in [0.1, 0.15) is 5.15 Å². The first-order valence-corrected chi connectivity index (χ1v) is 10.2. The van der Waals surface area contributed by atoms with Crippen molar-refractivity contribution in [2.45, 2.75) is 19.9 Å². The van der Waals surface area contributed by atoms with Crippen LogP contribution in [-0.4, -0.2) is 55.2 Å². The number of nitrogens with one attached hydrogen (secondary N) is 2. The third kappa shape index (κ3) is 4.78. The van der Waals surface area contributed by atoms with Crippen LogP contribution in [0.4, 0.5) is 0 Å². The predicted molar refractivity (Wildman–Crippen MR) is 98.2 cm³/mol. The van der Waals surface area contributed by atoms with E-state index in [4.69, 9.17) is 23.2 Å². The average molecular weight is 396 g/mol. The zero-order chi connectivity index (χ0) is 17.7. The lowest BCUT2D eigenvalue weighted by Crippen LogP contribution is -2.42. The van der Waals surface area contributed by atoms with Crippen LogP contribution in [0.5, 0.6) is 0 Å². The van der Waals surface area contributed by atoms with Gasteiger partial charge in [-0.05, 0) is 19.4 Å². The molecule has 1 saturated heterocycles. The summed E-state index contributed by atoms with van der Waals surface area (Å²) < 4.78 is 26.8. The molecule has 0 aliphatic carbocycles. The molecule has 1 aliphatic rings. The van der Waals surface area contributed by atoms with Crippen molar-refractivity contribution in [3.05, 3.63) is 21.9 Å². The van der Waals surface area contributed by atoms with Crippen LogP contribution in [0.1, 0.15) is 19.0 Å². The van der Waals surface area contributed by atoms with E-state index in [0.717, 1.165) is 5.69 Å². The van der Waals surface area contributed by atoms with Crippen LogP contribution in [0, 0.1) is 0 Å². The fraction of sp³-hybridized carbons (Fsp3) is 0.643. The number of aromatic nitrogens is 1. The van der Waals surface area contributed by atoms with Gasteiger partial charge in [0.15, 0.2) is 5.96 Å². The molecule has 0 bridgehead atoms. The molecule has 1 fully saturated rings. The SMILES string of the molecule is CCNC(=NCc1cc(Cl)c(Cl)n1C)NCCN1CCCS1(=O)=O. The van der Waals surface area contributed by atoms with E-state index in [-0.39, 0.29) is 5.75 Å². The molecule has 10 heteroatoms. The van der Waals surface area contributed by atoms with Crippen LogP contribution >= 0.6 is 23.2 Å². The number of hydrogen-bond donors (Lipinski definition) is 2. The third-order valence-corrected chi connectivity index (χ3v) is 6.61. The highest BCUT2D eigenvalue weighted by atomic mass is 35.5. The van der Waals surface area contributed by atoms with Crippen molar-refractivity contribution in [3.8, 4) is 0 Å². The first-order chi connectivity index (χ1) is 11.3. The largest absolute Gasteiger partial charge is 0.357 e. The summed E-state index contributed by atoms with van der Waals surface area (Å²) >= 11 is 12.0. The molecule has 2 N–H and O–H groups in total. The summed E-state index contributed by atoms with van der Waals surface area (Å²) in [6, 6.07) is 1.79. The Morgan fingerprint density at radius 2 is 2.12 bits per heavy atom. The molecule has 1 aromatic rings. The van der Waals surface area contributed by atoms with Gasteiger partial charge in [-0.1, -0.05) is 23.2 Å². The summed E-state index contributed by atoms with van der Waals surface area (Å²) in [7, 11) is -1.23. The minimum absolute atomic E-state index is 0.246. The summed E-state index contributed by atoms with van der Waals surface area (Å²) in [5.74, 6) is 0.874. The molecule has 0 atom stereocenters. The molecule has 2 rings (SSSR count). The van der Waals surface area contributed by atoms with E-state index >= 15 is 0 Å². The van der Waals surface area contributed by atoms with Gasteiger partial charge in [0.05, 0.1) is 17.3 Å². The van der Waals surface area contributed by atoms with Crippen molar-refractivity contribution in [1.29, 1.82) is 0 Å². The first kappa shape index (κ1) is 19.4. The van der Waals surface area contributed by atoms with Gasteiger partial charge in [0, 0.05) is 38.9 Å². The Kier molecular flexibility index (Phi) is 6.79. The van der Waals surface area contributed by atoms with Crippen LogP contribution < -0.4 is 10.6 Å². The monoisotopic (exact) mass is 395 g/mol. The van der Waals surface area contributed by atoms with Crippen molar-refractivity contribution < 1.29 is 8.42 Å². The number of hydrogen-bond acceptors (Lipinski definition) is 3. The van der Waals surface area contributed by atoms with Gasteiger partial charge in [-0.15, -0.1) is 0 Å². The Labute approximate surface area is 153 Å². The number of rotatable bonds is 6. The average Bonchev–Trinajstić information content (AvgIpc) is 2.99. The number of guanidine groups is 1. The molecular weight excluding hydrogens is 373 g/mol. The zero-order valence-corrected chi connectivity index (χ0v) is 16.2. The van der Waals surface area contributed by atoms with Gasteiger partial charge in [0.2, 0.25) is 10.0 Å². The van der Waals surface area contributed by atoms with E-state index in [0.29, 0.717) is 55.3 Å². The lowest BCUT2D eigenvalue weighted by atomic mass is 10.4. The molecule has 0 radical (unpaired) electrons. The minimum atomic E-state index is -3.06. The smallest absolute Gasteiger partial charge is 0.214 e. The summed E-state index contributed by atoms with van der Waals surface area (Å²) in [6.45, 7) is 4.63. The molecule has 0 aromatic carbocycles. The molecule has 0 spiro atoms. The van der Waals surface area contributed by atoms with Crippen LogP contribution in [0.3, 0.4) is 0 Å². The molecule has 2 heterocycles. The Bertz CT molecular complexity index is 702. The summed E-state index contributed by atoms with van der Waals surface area (Å²) in [4.78, 5) is 4.49. The summed E-state index contributed by atoms with van der Waals surface area (Å²) in [5.41, 5.74) is 0.893. The Hall–Kier alpha value is -0.960. The van der Waals surface area contributed by atoms with Gasteiger partial charge in [0.25, 0.3) is 0 Å². The predicted octanol–water partition coefficient (Wildman–Crippen LogP) is 1.42.